The van der Waals surface area contributed by atoms with Crippen molar-refractivity contribution in [3.63, 3.8) is 0 Å². The minimum absolute atomic E-state index is 0.0389. The van der Waals surface area contributed by atoms with E-state index in [1.807, 2.05) is 6.92 Å². The van der Waals surface area contributed by atoms with Crippen LogP contribution in [0.1, 0.15) is 11.4 Å². The number of halogens is 1. The van der Waals surface area contributed by atoms with Crippen molar-refractivity contribution >= 4 is 23.4 Å². The van der Waals surface area contributed by atoms with Crippen LogP contribution >= 0.6 is 11.6 Å². The van der Waals surface area contributed by atoms with Crippen LogP contribution in [0.25, 0.3) is 0 Å². The minimum atomic E-state index is -0.455. The van der Waals surface area contributed by atoms with Gasteiger partial charge in [0, 0.05) is 33.2 Å². The Morgan fingerprint density at radius 3 is 2.81 bits per heavy atom. The van der Waals surface area contributed by atoms with E-state index in [2.05, 4.69) is 10.4 Å². The van der Waals surface area contributed by atoms with E-state index in [-0.39, 0.29) is 6.04 Å². The van der Waals surface area contributed by atoms with E-state index in [0.29, 0.717) is 31.2 Å². The number of carbonyl (C=O) groups excluding carboxylic acids is 2. The molecule has 0 bridgehead atoms. The number of hydrogen-bond acceptors (Lipinski definition) is 4. The van der Waals surface area contributed by atoms with Crippen LogP contribution in [0, 0.1) is 6.92 Å². The number of fused-ring (bicyclic) bond motifs is 1. The monoisotopic (exact) mass is 311 g/mol. The van der Waals surface area contributed by atoms with Gasteiger partial charge in [0.1, 0.15) is 0 Å². The normalized spacial score (nSPS) is 22.7. The summed E-state index contributed by atoms with van der Waals surface area (Å²) in [6.07, 6.45) is 0. The number of carbonyl (C=O) groups is 2. The summed E-state index contributed by atoms with van der Waals surface area (Å²) in [6.45, 7) is 4.70. The Morgan fingerprint density at radius 1 is 1.38 bits per heavy atom. The molecule has 21 heavy (non-hydrogen) atoms. The quantitative estimate of drug-likeness (QED) is 0.749. The number of hydrogen-bond donors (Lipinski definition) is 1. The first-order chi connectivity index (χ1) is 9.99. The summed E-state index contributed by atoms with van der Waals surface area (Å²) in [7, 11) is 1.79. The first kappa shape index (κ1) is 14.3. The summed E-state index contributed by atoms with van der Waals surface area (Å²) in [5.74, 6) is -0.870. The van der Waals surface area contributed by atoms with E-state index in [1.165, 1.54) is 0 Å². The second-order valence-corrected chi connectivity index (χ2v) is 5.89. The zero-order valence-electron chi connectivity index (χ0n) is 12.1. The third-order valence-electron chi connectivity index (χ3n) is 4.11. The van der Waals surface area contributed by atoms with E-state index in [1.54, 1.807) is 21.5 Å². The lowest BCUT2D eigenvalue weighted by Gasteiger charge is -2.43. The average molecular weight is 312 g/mol. The van der Waals surface area contributed by atoms with Gasteiger partial charge in [-0.05, 0) is 6.92 Å². The number of nitrogens with one attached hydrogen (secondary N) is 1. The van der Waals surface area contributed by atoms with Gasteiger partial charge in [0.2, 0.25) is 0 Å². The lowest BCUT2D eigenvalue weighted by atomic mass is 10.1. The van der Waals surface area contributed by atoms with Gasteiger partial charge in [-0.15, -0.1) is 0 Å². The first-order valence-electron chi connectivity index (χ1n) is 6.97. The Hall–Kier alpha value is -1.60. The molecule has 2 amide bonds. The molecule has 0 aliphatic carbocycles. The Labute approximate surface area is 127 Å². The largest absolute Gasteiger partial charge is 0.327 e. The van der Waals surface area contributed by atoms with Crippen molar-refractivity contribution in [2.24, 2.45) is 7.05 Å². The van der Waals surface area contributed by atoms with Crippen LogP contribution in [-0.2, 0) is 23.2 Å². The number of piperazine rings is 2. The molecule has 0 saturated carbocycles. The van der Waals surface area contributed by atoms with Gasteiger partial charge in [0.25, 0.3) is 0 Å². The highest BCUT2D eigenvalue weighted by atomic mass is 35.5. The zero-order valence-corrected chi connectivity index (χ0v) is 12.9. The molecule has 1 aromatic heterocycles. The van der Waals surface area contributed by atoms with Gasteiger partial charge >= 0.3 is 11.8 Å². The topological polar surface area (TPSA) is 70.5 Å². The Bertz CT molecular complexity index is 600. The molecule has 0 radical (unpaired) electrons. The van der Waals surface area contributed by atoms with Gasteiger partial charge in [0.15, 0.2) is 0 Å². The SMILES string of the molecule is Cc1nn(C)c(CN2CC3CNCCN3C(=O)C2=O)c1Cl. The first-order valence-corrected chi connectivity index (χ1v) is 7.35. The fourth-order valence-corrected chi connectivity index (χ4v) is 3.18. The molecule has 2 fully saturated rings. The summed E-state index contributed by atoms with van der Waals surface area (Å²) in [4.78, 5) is 27.7. The smallest absolute Gasteiger partial charge is 0.312 e. The van der Waals surface area contributed by atoms with Crippen LogP contribution in [0.2, 0.25) is 5.02 Å². The molecule has 114 valence electrons. The van der Waals surface area contributed by atoms with Crippen LogP contribution in [-0.4, -0.2) is 63.6 Å². The Balaban J connectivity index is 1.82. The molecule has 3 heterocycles. The molecule has 1 aromatic rings. The second-order valence-electron chi connectivity index (χ2n) is 5.51. The maximum Gasteiger partial charge on any atom is 0.312 e. The van der Waals surface area contributed by atoms with E-state index in [9.17, 15) is 9.59 Å². The van der Waals surface area contributed by atoms with Gasteiger partial charge in [-0.25, -0.2) is 0 Å². The van der Waals surface area contributed by atoms with Crippen molar-refractivity contribution in [1.29, 1.82) is 0 Å². The van der Waals surface area contributed by atoms with E-state index in [4.69, 9.17) is 11.6 Å². The number of aromatic nitrogens is 2. The van der Waals surface area contributed by atoms with Gasteiger partial charge in [0.05, 0.1) is 29.0 Å². The molecule has 7 nitrogen and oxygen atoms in total. The van der Waals surface area contributed by atoms with Crippen LogP contribution in [0.3, 0.4) is 0 Å². The van der Waals surface area contributed by atoms with Crippen molar-refractivity contribution in [3.8, 4) is 0 Å². The molecule has 1 N–H and O–H groups in total. The van der Waals surface area contributed by atoms with Crippen LogP contribution in [0.5, 0.6) is 0 Å². The Kier molecular flexibility index (Phi) is 3.62. The number of aryl methyl sites for hydroxylation is 2. The summed E-state index contributed by atoms with van der Waals surface area (Å²) >= 11 is 6.23. The van der Waals surface area contributed by atoms with Crippen molar-refractivity contribution in [2.45, 2.75) is 19.5 Å². The summed E-state index contributed by atoms with van der Waals surface area (Å²) < 4.78 is 1.67. The summed E-state index contributed by atoms with van der Waals surface area (Å²) in [6, 6.07) is 0.0389. The standard InChI is InChI=1S/C13H18ClN5O2/c1-8-11(14)10(17(2)16-8)7-18-6-9-5-15-3-4-19(9)13(21)12(18)20/h9,15H,3-7H2,1-2H3. The molecular weight excluding hydrogens is 294 g/mol. The van der Waals surface area contributed by atoms with Crippen molar-refractivity contribution < 1.29 is 9.59 Å². The van der Waals surface area contributed by atoms with Crippen molar-refractivity contribution in [2.75, 3.05) is 26.2 Å². The molecule has 1 atom stereocenters. The highest BCUT2D eigenvalue weighted by molar-refractivity contribution is 6.35. The predicted molar refractivity (Wildman–Crippen MR) is 76.7 cm³/mol. The average Bonchev–Trinajstić information content (AvgIpc) is 2.71. The minimum Gasteiger partial charge on any atom is -0.327 e. The van der Waals surface area contributed by atoms with E-state index in [0.717, 1.165) is 17.9 Å². The zero-order chi connectivity index (χ0) is 15.1. The van der Waals surface area contributed by atoms with E-state index >= 15 is 0 Å². The highest BCUT2D eigenvalue weighted by Gasteiger charge is 2.40. The molecule has 0 spiro atoms. The van der Waals surface area contributed by atoms with Gasteiger partial charge in [-0.1, -0.05) is 11.6 Å². The highest BCUT2D eigenvalue weighted by Crippen LogP contribution is 2.23. The summed E-state index contributed by atoms with van der Waals surface area (Å²) in [5, 5.41) is 8.05. The van der Waals surface area contributed by atoms with Crippen LogP contribution in [0.4, 0.5) is 0 Å². The molecule has 2 saturated heterocycles. The number of amides is 2. The molecule has 2 aliphatic rings. The van der Waals surface area contributed by atoms with Gasteiger partial charge < -0.3 is 15.1 Å². The molecule has 2 aliphatic heterocycles. The fraction of sp³-hybridized carbons (Fsp3) is 0.615. The number of rotatable bonds is 2. The second kappa shape index (κ2) is 5.31. The Morgan fingerprint density at radius 2 is 2.14 bits per heavy atom. The maximum atomic E-state index is 12.3. The molecular formula is C13H18ClN5O2. The third-order valence-corrected chi connectivity index (χ3v) is 4.61. The summed E-state index contributed by atoms with van der Waals surface area (Å²) in [5.41, 5.74) is 1.48. The molecule has 1 unspecified atom stereocenters. The predicted octanol–water partition coefficient (Wildman–Crippen LogP) is -0.475. The fourth-order valence-electron chi connectivity index (χ4n) is 2.96. The number of nitrogens with zero attached hydrogens (tertiary/aromatic N) is 4. The molecule has 0 aromatic carbocycles. The van der Waals surface area contributed by atoms with Gasteiger partial charge in [-0.2, -0.15) is 5.10 Å². The maximum absolute atomic E-state index is 12.3. The van der Waals surface area contributed by atoms with Gasteiger partial charge in [-0.3, -0.25) is 14.3 Å². The van der Waals surface area contributed by atoms with Crippen LogP contribution in [0.15, 0.2) is 0 Å². The molecule has 3 rings (SSSR count). The van der Waals surface area contributed by atoms with Crippen molar-refractivity contribution in [3.05, 3.63) is 16.4 Å². The molecule has 8 heteroatoms. The van der Waals surface area contributed by atoms with Crippen LogP contribution < -0.4 is 5.32 Å². The lowest BCUT2D eigenvalue weighted by molar-refractivity contribution is -0.160. The van der Waals surface area contributed by atoms with Crippen molar-refractivity contribution in [1.82, 2.24) is 24.9 Å². The lowest BCUT2D eigenvalue weighted by Crippen LogP contribution is -2.65. The van der Waals surface area contributed by atoms with E-state index < -0.39 is 11.8 Å². The third kappa shape index (κ3) is 2.40.